The summed E-state index contributed by atoms with van der Waals surface area (Å²) in [4.78, 5) is 20.3. The fourth-order valence-corrected chi connectivity index (χ4v) is 3.68. The van der Waals surface area contributed by atoms with Gasteiger partial charge in [0.25, 0.3) is 0 Å². The Morgan fingerprint density at radius 2 is 1.93 bits per heavy atom. The molecule has 0 atom stereocenters. The Balaban J connectivity index is 1.50. The van der Waals surface area contributed by atoms with Crippen LogP contribution in [-0.2, 0) is 6.54 Å². The van der Waals surface area contributed by atoms with E-state index in [4.69, 9.17) is 4.74 Å². The normalized spacial score (nSPS) is 15.5. The molecule has 1 aliphatic heterocycles. The van der Waals surface area contributed by atoms with Crippen LogP contribution in [0, 0.1) is 10.1 Å². The van der Waals surface area contributed by atoms with Crippen LogP contribution < -0.4 is 9.64 Å². The van der Waals surface area contributed by atoms with Gasteiger partial charge in [-0.05, 0) is 35.1 Å². The molecule has 1 saturated heterocycles. The van der Waals surface area contributed by atoms with Crippen LogP contribution in [0.1, 0.15) is 12.0 Å². The van der Waals surface area contributed by atoms with E-state index in [1.165, 1.54) is 5.56 Å². The van der Waals surface area contributed by atoms with Crippen molar-refractivity contribution in [2.24, 2.45) is 0 Å². The summed E-state index contributed by atoms with van der Waals surface area (Å²) in [5.74, 6) is 1.35. The van der Waals surface area contributed by atoms with Crippen molar-refractivity contribution in [3.05, 3.63) is 64.3 Å². The monoisotopic (exact) mass is 381 g/mol. The number of rotatable bonds is 5. The zero-order chi connectivity index (χ0) is 19.5. The summed E-state index contributed by atoms with van der Waals surface area (Å²) in [7, 11) is 1.66. The SMILES string of the molecule is COc1ccc(CN2CCCN(c3nc4ccccn4c3[N+](=O)[O-])CC2)cc1. The van der Waals surface area contributed by atoms with E-state index in [-0.39, 0.29) is 10.7 Å². The van der Waals surface area contributed by atoms with Crippen molar-refractivity contribution in [1.82, 2.24) is 14.3 Å². The number of hydrogen-bond acceptors (Lipinski definition) is 6. The van der Waals surface area contributed by atoms with Crippen molar-refractivity contribution in [3.63, 3.8) is 0 Å². The predicted molar refractivity (Wildman–Crippen MR) is 107 cm³/mol. The van der Waals surface area contributed by atoms with Crippen molar-refractivity contribution < 1.29 is 9.66 Å². The third kappa shape index (κ3) is 3.63. The number of imidazole rings is 1. The van der Waals surface area contributed by atoms with Crippen LogP contribution >= 0.6 is 0 Å². The second-order valence-corrected chi connectivity index (χ2v) is 6.91. The molecule has 0 spiro atoms. The lowest BCUT2D eigenvalue weighted by molar-refractivity contribution is -0.389. The molecule has 8 nitrogen and oxygen atoms in total. The van der Waals surface area contributed by atoms with Gasteiger partial charge in [-0.3, -0.25) is 4.90 Å². The first-order valence-electron chi connectivity index (χ1n) is 9.37. The van der Waals surface area contributed by atoms with Crippen molar-refractivity contribution in [3.8, 4) is 5.75 Å². The third-order valence-electron chi connectivity index (χ3n) is 5.11. The smallest absolute Gasteiger partial charge is 0.372 e. The molecule has 2 aromatic heterocycles. The largest absolute Gasteiger partial charge is 0.497 e. The molecule has 3 heterocycles. The molecule has 0 bridgehead atoms. The number of nitro groups is 1. The Hall–Kier alpha value is -3.13. The molecule has 8 heteroatoms. The van der Waals surface area contributed by atoms with Gasteiger partial charge in [-0.2, -0.15) is 9.38 Å². The first-order valence-corrected chi connectivity index (χ1v) is 9.37. The number of aromatic nitrogens is 2. The van der Waals surface area contributed by atoms with Crippen molar-refractivity contribution >= 4 is 17.3 Å². The van der Waals surface area contributed by atoms with E-state index in [0.717, 1.165) is 38.3 Å². The summed E-state index contributed by atoms with van der Waals surface area (Å²) in [6.45, 7) is 4.09. The van der Waals surface area contributed by atoms with Gasteiger partial charge in [-0.25, -0.2) is 0 Å². The standard InChI is InChI=1S/C20H23N5O3/c1-28-17-8-6-16(7-9-17)15-22-10-4-11-23(14-13-22)19-20(25(26)27)24-12-3-2-5-18(24)21-19/h2-3,5-9,12H,4,10-11,13-15H2,1H3. The quantitative estimate of drug-likeness (QED) is 0.500. The van der Waals surface area contributed by atoms with Crippen LogP contribution in [0.15, 0.2) is 48.7 Å². The summed E-state index contributed by atoms with van der Waals surface area (Å²) in [6, 6.07) is 13.5. The topological polar surface area (TPSA) is 76.2 Å². The minimum Gasteiger partial charge on any atom is -0.497 e. The molecule has 0 unspecified atom stereocenters. The molecular formula is C20H23N5O3. The van der Waals surface area contributed by atoms with Crippen molar-refractivity contribution in [2.75, 3.05) is 38.2 Å². The fourth-order valence-electron chi connectivity index (χ4n) is 3.68. The van der Waals surface area contributed by atoms with Crippen LogP contribution in [0.3, 0.4) is 0 Å². The summed E-state index contributed by atoms with van der Waals surface area (Å²) >= 11 is 0. The molecule has 1 aromatic carbocycles. The molecule has 1 fully saturated rings. The van der Waals surface area contributed by atoms with Crippen LogP contribution in [0.2, 0.25) is 0 Å². The van der Waals surface area contributed by atoms with Gasteiger partial charge >= 0.3 is 5.82 Å². The number of fused-ring (bicyclic) bond motifs is 1. The molecule has 28 heavy (non-hydrogen) atoms. The second-order valence-electron chi connectivity index (χ2n) is 6.91. The molecule has 146 valence electrons. The third-order valence-corrected chi connectivity index (χ3v) is 5.11. The van der Waals surface area contributed by atoms with Gasteiger partial charge in [0, 0.05) is 38.8 Å². The van der Waals surface area contributed by atoms with Gasteiger partial charge in [0.15, 0.2) is 0 Å². The summed E-state index contributed by atoms with van der Waals surface area (Å²) in [5, 5.41) is 11.7. The van der Waals surface area contributed by atoms with E-state index in [1.807, 2.05) is 23.1 Å². The highest BCUT2D eigenvalue weighted by Gasteiger charge is 2.28. The molecule has 0 radical (unpaired) electrons. The minimum absolute atomic E-state index is 0.0409. The van der Waals surface area contributed by atoms with Gasteiger partial charge in [0.05, 0.1) is 13.3 Å². The molecule has 4 rings (SSSR count). The Kier molecular flexibility index (Phi) is 5.12. The Morgan fingerprint density at radius 3 is 2.68 bits per heavy atom. The average Bonchev–Trinajstić information content (AvgIpc) is 2.95. The van der Waals surface area contributed by atoms with Crippen LogP contribution in [-0.4, -0.2) is 52.5 Å². The van der Waals surface area contributed by atoms with Crippen molar-refractivity contribution in [2.45, 2.75) is 13.0 Å². The summed E-state index contributed by atoms with van der Waals surface area (Å²) < 4.78 is 6.76. The van der Waals surface area contributed by atoms with Gasteiger partial charge < -0.3 is 19.8 Å². The van der Waals surface area contributed by atoms with E-state index in [2.05, 4.69) is 22.0 Å². The highest BCUT2D eigenvalue weighted by atomic mass is 16.6. The lowest BCUT2D eigenvalue weighted by Gasteiger charge is -2.21. The number of ether oxygens (including phenoxy) is 1. The highest BCUT2D eigenvalue weighted by Crippen LogP contribution is 2.29. The Morgan fingerprint density at radius 1 is 1.11 bits per heavy atom. The van der Waals surface area contributed by atoms with Gasteiger partial charge in [-0.15, -0.1) is 0 Å². The molecular weight excluding hydrogens is 358 g/mol. The van der Waals surface area contributed by atoms with E-state index < -0.39 is 0 Å². The maximum absolute atomic E-state index is 11.7. The molecule has 1 aliphatic rings. The maximum Gasteiger partial charge on any atom is 0.372 e. The highest BCUT2D eigenvalue weighted by molar-refractivity contribution is 5.63. The minimum atomic E-state index is -0.338. The van der Waals surface area contributed by atoms with Gasteiger partial charge in [0.1, 0.15) is 5.75 Å². The average molecular weight is 381 g/mol. The number of benzene rings is 1. The number of pyridine rings is 1. The number of anilines is 1. The van der Waals surface area contributed by atoms with Gasteiger partial charge in [0.2, 0.25) is 11.5 Å². The van der Waals surface area contributed by atoms with E-state index >= 15 is 0 Å². The summed E-state index contributed by atoms with van der Waals surface area (Å²) in [6.07, 6.45) is 2.62. The van der Waals surface area contributed by atoms with E-state index in [9.17, 15) is 10.1 Å². The first kappa shape index (κ1) is 18.2. The van der Waals surface area contributed by atoms with Crippen molar-refractivity contribution in [1.29, 1.82) is 0 Å². The molecule has 0 amide bonds. The van der Waals surface area contributed by atoms with Crippen LogP contribution in [0.4, 0.5) is 11.6 Å². The summed E-state index contributed by atoms with van der Waals surface area (Å²) in [5.41, 5.74) is 1.83. The molecule has 0 saturated carbocycles. The van der Waals surface area contributed by atoms with Crippen LogP contribution in [0.25, 0.3) is 5.65 Å². The number of methoxy groups -OCH3 is 1. The zero-order valence-corrected chi connectivity index (χ0v) is 15.8. The molecule has 3 aromatic rings. The molecule has 0 aliphatic carbocycles. The maximum atomic E-state index is 11.7. The van der Waals surface area contributed by atoms with Crippen LogP contribution in [0.5, 0.6) is 5.75 Å². The number of nitrogens with zero attached hydrogens (tertiary/aromatic N) is 5. The van der Waals surface area contributed by atoms with E-state index in [0.29, 0.717) is 18.0 Å². The van der Waals surface area contributed by atoms with Gasteiger partial charge in [-0.1, -0.05) is 18.2 Å². The zero-order valence-electron chi connectivity index (χ0n) is 15.8. The molecule has 0 N–H and O–H groups in total. The van der Waals surface area contributed by atoms with E-state index in [1.54, 1.807) is 29.8 Å². The first-order chi connectivity index (χ1) is 13.7. The lowest BCUT2D eigenvalue weighted by atomic mass is 10.2. The Labute approximate surface area is 163 Å². The number of hydrogen-bond donors (Lipinski definition) is 0. The second kappa shape index (κ2) is 7.85. The predicted octanol–water partition coefficient (Wildman–Crippen LogP) is 2.96. The lowest BCUT2D eigenvalue weighted by Crippen LogP contribution is -2.31. The fraction of sp³-hybridized carbons (Fsp3) is 0.350. The Bertz CT molecular complexity index is 970.